The smallest absolute Gasteiger partial charge is 0.257 e. The number of carbonyl (C=O) groups is 1. The molecule has 5 heteroatoms. The lowest BCUT2D eigenvalue weighted by molar-refractivity contribution is 0.0671. The van der Waals surface area contributed by atoms with Crippen molar-refractivity contribution >= 4 is 5.91 Å². The van der Waals surface area contributed by atoms with Crippen LogP contribution in [0.4, 0.5) is 0 Å². The fourth-order valence-electron chi connectivity index (χ4n) is 2.56. The summed E-state index contributed by atoms with van der Waals surface area (Å²) in [6.45, 7) is 8.90. The third-order valence-corrected chi connectivity index (χ3v) is 3.68. The molecular formula is C14H24N4O. The van der Waals surface area contributed by atoms with Gasteiger partial charge in [0.05, 0.1) is 11.8 Å². The van der Waals surface area contributed by atoms with E-state index in [0.29, 0.717) is 17.5 Å². The van der Waals surface area contributed by atoms with Crippen molar-refractivity contribution in [2.75, 3.05) is 19.6 Å². The van der Waals surface area contributed by atoms with Crippen molar-refractivity contribution in [3.05, 3.63) is 17.5 Å². The molecule has 0 bridgehead atoms. The summed E-state index contributed by atoms with van der Waals surface area (Å²) in [5.41, 5.74) is 1.56. The van der Waals surface area contributed by atoms with Gasteiger partial charge < -0.3 is 10.2 Å². The van der Waals surface area contributed by atoms with E-state index in [-0.39, 0.29) is 5.91 Å². The first kappa shape index (κ1) is 14.1. The van der Waals surface area contributed by atoms with Crippen LogP contribution >= 0.6 is 0 Å². The minimum atomic E-state index is 0.112. The third-order valence-electron chi connectivity index (χ3n) is 3.68. The molecule has 19 heavy (non-hydrogen) atoms. The molecular weight excluding hydrogens is 240 g/mol. The maximum absolute atomic E-state index is 12.4. The quantitative estimate of drug-likeness (QED) is 0.867. The fourth-order valence-corrected chi connectivity index (χ4v) is 2.56. The highest BCUT2D eigenvalue weighted by molar-refractivity contribution is 5.95. The molecule has 1 aromatic heterocycles. The topological polar surface area (TPSA) is 61.0 Å². The van der Waals surface area contributed by atoms with Gasteiger partial charge >= 0.3 is 0 Å². The van der Waals surface area contributed by atoms with Gasteiger partial charge in [0.2, 0.25) is 0 Å². The van der Waals surface area contributed by atoms with Gasteiger partial charge in [0.25, 0.3) is 5.91 Å². The van der Waals surface area contributed by atoms with E-state index >= 15 is 0 Å². The number of hydrogen-bond donors (Lipinski definition) is 2. The number of aromatic amines is 1. The van der Waals surface area contributed by atoms with Gasteiger partial charge in [0, 0.05) is 24.8 Å². The number of carbonyl (C=O) groups excluding carboxylic acids is 1. The van der Waals surface area contributed by atoms with Crippen LogP contribution in [0.2, 0.25) is 0 Å². The summed E-state index contributed by atoms with van der Waals surface area (Å²) in [6, 6.07) is 0.502. The van der Waals surface area contributed by atoms with Crippen molar-refractivity contribution < 1.29 is 4.79 Å². The van der Waals surface area contributed by atoms with Gasteiger partial charge in [-0.05, 0) is 32.2 Å². The SMILES string of the molecule is Cc1[nH]ncc1C(=O)N1CCCC(CNC(C)C)C1. The minimum absolute atomic E-state index is 0.112. The van der Waals surface area contributed by atoms with Crippen LogP contribution in [0.15, 0.2) is 6.20 Å². The molecule has 0 radical (unpaired) electrons. The van der Waals surface area contributed by atoms with E-state index in [1.807, 2.05) is 11.8 Å². The van der Waals surface area contributed by atoms with Crippen LogP contribution in [0.5, 0.6) is 0 Å². The summed E-state index contributed by atoms with van der Waals surface area (Å²) in [6.07, 6.45) is 3.93. The van der Waals surface area contributed by atoms with Gasteiger partial charge in [-0.1, -0.05) is 13.8 Å². The molecule has 1 atom stereocenters. The molecule has 1 amide bonds. The van der Waals surface area contributed by atoms with Gasteiger partial charge in [-0.3, -0.25) is 9.89 Å². The molecule has 106 valence electrons. The molecule has 0 spiro atoms. The molecule has 1 aliphatic rings. The highest BCUT2D eigenvalue weighted by Gasteiger charge is 2.25. The number of aromatic nitrogens is 2. The molecule has 1 unspecified atom stereocenters. The summed E-state index contributed by atoms with van der Waals surface area (Å²) < 4.78 is 0. The van der Waals surface area contributed by atoms with Crippen molar-refractivity contribution in [2.24, 2.45) is 5.92 Å². The number of H-pyrrole nitrogens is 1. The zero-order chi connectivity index (χ0) is 13.8. The molecule has 0 aliphatic carbocycles. The standard InChI is InChI=1S/C14H24N4O/c1-10(2)15-7-12-5-4-6-18(9-12)14(19)13-8-16-17-11(13)3/h8,10,12,15H,4-7,9H2,1-3H3,(H,16,17). The van der Waals surface area contributed by atoms with Gasteiger partial charge in [0.15, 0.2) is 0 Å². The van der Waals surface area contributed by atoms with Crippen molar-refractivity contribution in [1.29, 1.82) is 0 Å². The Kier molecular flexibility index (Phi) is 4.58. The van der Waals surface area contributed by atoms with Crippen molar-refractivity contribution in [2.45, 2.75) is 39.7 Å². The van der Waals surface area contributed by atoms with Crippen LogP contribution in [0.3, 0.4) is 0 Å². The molecule has 1 aromatic rings. The van der Waals surface area contributed by atoms with E-state index in [0.717, 1.165) is 31.7 Å². The number of hydrogen-bond acceptors (Lipinski definition) is 3. The molecule has 5 nitrogen and oxygen atoms in total. The lowest BCUT2D eigenvalue weighted by atomic mass is 9.97. The van der Waals surface area contributed by atoms with E-state index in [9.17, 15) is 4.79 Å². The van der Waals surface area contributed by atoms with Crippen LogP contribution in [-0.2, 0) is 0 Å². The number of rotatable bonds is 4. The average molecular weight is 264 g/mol. The van der Waals surface area contributed by atoms with Gasteiger partial charge in [-0.25, -0.2) is 0 Å². The highest BCUT2D eigenvalue weighted by Crippen LogP contribution is 2.18. The Morgan fingerprint density at radius 2 is 2.42 bits per heavy atom. The van der Waals surface area contributed by atoms with E-state index in [1.165, 1.54) is 6.42 Å². The number of nitrogens with zero attached hydrogens (tertiary/aromatic N) is 2. The molecule has 2 N–H and O–H groups in total. The minimum Gasteiger partial charge on any atom is -0.338 e. The van der Waals surface area contributed by atoms with Gasteiger partial charge in [-0.15, -0.1) is 0 Å². The summed E-state index contributed by atoms with van der Waals surface area (Å²) in [4.78, 5) is 14.4. The van der Waals surface area contributed by atoms with Crippen molar-refractivity contribution in [3.63, 3.8) is 0 Å². The lowest BCUT2D eigenvalue weighted by Crippen LogP contribution is -2.43. The zero-order valence-electron chi connectivity index (χ0n) is 12.1. The van der Waals surface area contributed by atoms with Crippen LogP contribution in [0.25, 0.3) is 0 Å². The number of aryl methyl sites for hydroxylation is 1. The molecule has 1 fully saturated rings. The number of likely N-dealkylation sites (tertiary alicyclic amines) is 1. The largest absolute Gasteiger partial charge is 0.338 e. The molecule has 1 aliphatic heterocycles. The Morgan fingerprint density at radius 1 is 1.63 bits per heavy atom. The van der Waals surface area contributed by atoms with Crippen LogP contribution < -0.4 is 5.32 Å². The second-order valence-electron chi connectivity index (χ2n) is 5.73. The van der Waals surface area contributed by atoms with E-state index in [1.54, 1.807) is 6.20 Å². The summed E-state index contributed by atoms with van der Waals surface area (Å²) in [5.74, 6) is 0.674. The summed E-state index contributed by atoms with van der Waals surface area (Å²) in [7, 11) is 0. The third kappa shape index (κ3) is 3.56. The molecule has 1 saturated heterocycles. The Balaban J connectivity index is 1.94. The Morgan fingerprint density at radius 3 is 3.05 bits per heavy atom. The Bertz CT molecular complexity index is 427. The zero-order valence-corrected chi connectivity index (χ0v) is 12.1. The second kappa shape index (κ2) is 6.19. The molecule has 0 aromatic carbocycles. The normalized spacial score (nSPS) is 20.0. The van der Waals surface area contributed by atoms with Crippen LogP contribution in [-0.4, -0.2) is 46.7 Å². The van der Waals surface area contributed by atoms with Crippen LogP contribution in [0.1, 0.15) is 42.7 Å². The Labute approximate surface area is 114 Å². The average Bonchev–Trinajstić information content (AvgIpc) is 2.82. The summed E-state index contributed by atoms with van der Waals surface area (Å²) >= 11 is 0. The van der Waals surface area contributed by atoms with Gasteiger partial charge in [0.1, 0.15) is 0 Å². The maximum Gasteiger partial charge on any atom is 0.257 e. The van der Waals surface area contributed by atoms with Crippen LogP contribution in [0, 0.1) is 12.8 Å². The maximum atomic E-state index is 12.4. The molecule has 2 heterocycles. The highest BCUT2D eigenvalue weighted by atomic mass is 16.2. The van der Waals surface area contributed by atoms with E-state index in [4.69, 9.17) is 0 Å². The van der Waals surface area contributed by atoms with Crippen molar-refractivity contribution in [1.82, 2.24) is 20.4 Å². The first-order valence-electron chi connectivity index (χ1n) is 7.10. The monoisotopic (exact) mass is 264 g/mol. The number of amides is 1. The van der Waals surface area contributed by atoms with E-state index < -0.39 is 0 Å². The lowest BCUT2D eigenvalue weighted by Gasteiger charge is -2.33. The fraction of sp³-hybridized carbons (Fsp3) is 0.714. The molecule has 0 saturated carbocycles. The van der Waals surface area contributed by atoms with Crippen molar-refractivity contribution in [3.8, 4) is 0 Å². The second-order valence-corrected chi connectivity index (χ2v) is 5.73. The molecule has 2 rings (SSSR count). The Hall–Kier alpha value is -1.36. The first-order chi connectivity index (χ1) is 9.08. The predicted octanol–water partition coefficient (Wildman–Crippen LogP) is 1.57. The van der Waals surface area contributed by atoms with Gasteiger partial charge in [-0.2, -0.15) is 5.10 Å². The number of nitrogens with one attached hydrogen (secondary N) is 2. The summed E-state index contributed by atoms with van der Waals surface area (Å²) in [5, 5.41) is 10.2. The first-order valence-corrected chi connectivity index (χ1v) is 7.10. The number of piperidine rings is 1. The van der Waals surface area contributed by atoms with E-state index in [2.05, 4.69) is 29.4 Å². The predicted molar refractivity (Wildman–Crippen MR) is 75.1 cm³/mol.